The Kier molecular flexibility index (Phi) is 3.38. The molecular weight excluding hydrogens is 300 g/mol. The van der Waals surface area contributed by atoms with Crippen molar-refractivity contribution in [1.29, 1.82) is 0 Å². The van der Waals surface area contributed by atoms with Crippen LogP contribution in [0.15, 0.2) is 65.3 Å². The molecule has 0 saturated heterocycles. The molecule has 0 aliphatic carbocycles. The molecule has 2 aromatic heterocycles. The molecule has 2 aromatic carbocycles. The van der Waals surface area contributed by atoms with Crippen LogP contribution in [0.5, 0.6) is 5.75 Å². The van der Waals surface area contributed by atoms with Crippen molar-refractivity contribution in [3.05, 3.63) is 66.5 Å². The van der Waals surface area contributed by atoms with Gasteiger partial charge in [-0.15, -0.1) is 0 Å². The molecule has 0 amide bonds. The highest BCUT2D eigenvalue weighted by molar-refractivity contribution is 5.78. The van der Waals surface area contributed by atoms with E-state index in [-0.39, 0.29) is 5.75 Å². The highest BCUT2D eigenvalue weighted by Crippen LogP contribution is 2.33. The SMILES string of the molecule is CC(C)c1ccc2oc(-c3cc(-n4cccc4)ccc3O)nc2c1. The van der Waals surface area contributed by atoms with Gasteiger partial charge in [0.05, 0.1) is 5.56 Å². The van der Waals surface area contributed by atoms with Crippen LogP contribution in [0.3, 0.4) is 0 Å². The largest absolute Gasteiger partial charge is 0.507 e. The standard InChI is InChI=1S/C20H18N2O2/c1-13(2)14-5-8-19-17(11-14)21-20(24-19)16-12-15(6-7-18(16)23)22-9-3-4-10-22/h3-13,23H,1-2H3. The molecule has 120 valence electrons. The third-order valence-electron chi connectivity index (χ3n) is 4.19. The molecule has 4 aromatic rings. The number of hydrogen-bond donors (Lipinski definition) is 1. The molecule has 1 N–H and O–H groups in total. The number of rotatable bonds is 3. The molecule has 0 saturated carbocycles. The van der Waals surface area contributed by atoms with Gasteiger partial charge in [-0.25, -0.2) is 4.98 Å². The quantitative estimate of drug-likeness (QED) is 0.571. The number of benzene rings is 2. The van der Waals surface area contributed by atoms with E-state index in [4.69, 9.17) is 4.42 Å². The summed E-state index contributed by atoms with van der Waals surface area (Å²) in [5, 5.41) is 10.2. The van der Waals surface area contributed by atoms with E-state index in [1.54, 1.807) is 6.07 Å². The molecule has 0 fully saturated rings. The van der Waals surface area contributed by atoms with Gasteiger partial charge < -0.3 is 14.1 Å². The summed E-state index contributed by atoms with van der Waals surface area (Å²) in [5.41, 5.74) is 4.27. The van der Waals surface area contributed by atoms with Gasteiger partial charge in [-0.3, -0.25) is 0 Å². The van der Waals surface area contributed by atoms with Gasteiger partial charge in [0.25, 0.3) is 0 Å². The predicted octanol–water partition coefficient (Wildman–Crippen LogP) is 5.11. The number of phenolic OH excluding ortho intramolecular Hbond substituents is 1. The van der Waals surface area contributed by atoms with Crippen molar-refractivity contribution >= 4 is 11.1 Å². The Morgan fingerprint density at radius 3 is 2.58 bits per heavy atom. The summed E-state index contributed by atoms with van der Waals surface area (Å²) in [6.45, 7) is 4.29. The number of oxazole rings is 1. The van der Waals surface area contributed by atoms with Crippen molar-refractivity contribution < 1.29 is 9.52 Å². The summed E-state index contributed by atoms with van der Waals surface area (Å²) in [4.78, 5) is 4.57. The van der Waals surface area contributed by atoms with Crippen molar-refractivity contribution in [3.63, 3.8) is 0 Å². The zero-order valence-corrected chi connectivity index (χ0v) is 13.6. The van der Waals surface area contributed by atoms with Crippen LogP contribution in [0.25, 0.3) is 28.2 Å². The summed E-state index contributed by atoms with van der Waals surface area (Å²) in [6, 6.07) is 15.4. The molecule has 0 aliphatic heterocycles. The first kappa shape index (κ1) is 14.6. The first-order chi connectivity index (χ1) is 11.6. The van der Waals surface area contributed by atoms with Crippen LogP contribution in [0.2, 0.25) is 0 Å². The Hall–Kier alpha value is -3.01. The van der Waals surface area contributed by atoms with Crippen LogP contribution in [0, 0.1) is 0 Å². The molecule has 0 aliphatic rings. The number of aromatic nitrogens is 2. The van der Waals surface area contributed by atoms with E-state index in [0.29, 0.717) is 17.4 Å². The first-order valence-electron chi connectivity index (χ1n) is 7.99. The molecule has 4 nitrogen and oxygen atoms in total. The van der Waals surface area contributed by atoms with Crippen LogP contribution in [0.1, 0.15) is 25.3 Å². The lowest BCUT2D eigenvalue weighted by Crippen LogP contribution is -1.90. The third-order valence-corrected chi connectivity index (χ3v) is 4.19. The zero-order chi connectivity index (χ0) is 16.7. The Morgan fingerprint density at radius 2 is 1.83 bits per heavy atom. The van der Waals surface area contributed by atoms with Crippen molar-refractivity contribution in [1.82, 2.24) is 9.55 Å². The highest BCUT2D eigenvalue weighted by Gasteiger charge is 2.14. The highest BCUT2D eigenvalue weighted by atomic mass is 16.3. The lowest BCUT2D eigenvalue weighted by Gasteiger charge is -2.06. The maximum absolute atomic E-state index is 10.2. The van der Waals surface area contributed by atoms with Gasteiger partial charge in [0.2, 0.25) is 5.89 Å². The summed E-state index contributed by atoms with van der Waals surface area (Å²) in [7, 11) is 0. The van der Waals surface area contributed by atoms with Crippen molar-refractivity contribution in [2.75, 3.05) is 0 Å². The maximum Gasteiger partial charge on any atom is 0.231 e. The van der Waals surface area contributed by atoms with Crippen LogP contribution >= 0.6 is 0 Å². The van der Waals surface area contributed by atoms with Gasteiger partial charge in [0.1, 0.15) is 11.3 Å². The Bertz CT molecular complexity index is 998. The molecule has 0 radical (unpaired) electrons. The van der Waals surface area contributed by atoms with Crippen LogP contribution in [-0.4, -0.2) is 14.7 Å². The number of fused-ring (bicyclic) bond motifs is 1. The van der Waals surface area contributed by atoms with Gasteiger partial charge in [0.15, 0.2) is 5.58 Å². The minimum atomic E-state index is 0.154. The van der Waals surface area contributed by atoms with E-state index in [1.165, 1.54) is 5.56 Å². The molecule has 24 heavy (non-hydrogen) atoms. The average molecular weight is 318 g/mol. The lowest BCUT2D eigenvalue weighted by molar-refractivity contribution is 0.474. The second-order valence-electron chi connectivity index (χ2n) is 6.19. The first-order valence-corrected chi connectivity index (χ1v) is 7.99. The monoisotopic (exact) mass is 318 g/mol. The van der Waals surface area contributed by atoms with E-state index < -0.39 is 0 Å². The molecule has 0 atom stereocenters. The molecule has 4 rings (SSSR count). The summed E-state index contributed by atoms with van der Waals surface area (Å²) in [5.74, 6) is 1.01. The number of nitrogens with zero attached hydrogens (tertiary/aromatic N) is 2. The zero-order valence-electron chi connectivity index (χ0n) is 13.6. The minimum absolute atomic E-state index is 0.154. The maximum atomic E-state index is 10.2. The number of phenols is 1. The van der Waals surface area contributed by atoms with Crippen LogP contribution in [0.4, 0.5) is 0 Å². The third kappa shape index (κ3) is 2.46. The van der Waals surface area contributed by atoms with E-state index in [0.717, 1.165) is 16.8 Å². The van der Waals surface area contributed by atoms with Crippen LogP contribution < -0.4 is 0 Å². The number of hydrogen-bond acceptors (Lipinski definition) is 3. The van der Waals surface area contributed by atoms with Gasteiger partial charge in [-0.1, -0.05) is 19.9 Å². The Morgan fingerprint density at radius 1 is 1.04 bits per heavy atom. The molecule has 0 unspecified atom stereocenters. The van der Waals surface area contributed by atoms with E-state index in [1.807, 2.05) is 53.4 Å². The predicted molar refractivity (Wildman–Crippen MR) is 94.5 cm³/mol. The summed E-state index contributed by atoms with van der Waals surface area (Å²) >= 11 is 0. The lowest BCUT2D eigenvalue weighted by atomic mass is 10.0. The van der Waals surface area contributed by atoms with E-state index in [2.05, 4.69) is 24.9 Å². The van der Waals surface area contributed by atoms with Gasteiger partial charge in [-0.05, 0) is 53.9 Å². The fraction of sp³-hybridized carbons (Fsp3) is 0.150. The second kappa shape index (κ2) is 5.57. The Balaban J connectivity index is 1.83. The van der Waals surface area contributed by atoms with Gasteiger partial charge in [-0.2, -0.15) is 0 Å². The second-order valence-corrected chi connectivity index (χ2v) is 6.19. The van der Waals surface area contributed by atoms with Crippen LogP contribution in [-0.2, 0) is 0 Å². The fourth-order valence-electron chi connectivity index (χ4n) is 2.78. The minimum Gasteiger partial charge on any atom is -0.507 e. The van der Waals surface area contributed by atoms with Gasteiger partial charge in [0, 0.05) is 18.1 Å². The van der Waals surface area contributed by atoms with E-state index in [9.17, 15) is 5.11 Å². The normalized spacial score (nSPS) is 11.5. The summed E-state index contributed by atoms with van der Waals surface area (Å²) in [6.07, 6.45) is 3.91. The van der Waals surface area contributed by atoms with Crippen molar-refractivity contribution in [2.24, 2.45) is 0 Å². The fourth-order valence-corrected chi connectivity index (χ4v) is 2.78. The van der Waals surface area contributed by atoms with E-state index >= 15 is 0 Å². The topological polar surface area (TPSA) is 51.2 Å². The van der Waals surface area contributed by atoms with Crippen molar-refractivity contribution in [3.8, 4) is 22.9 Å². The van der Waals surface area contributed by atoms with Crippen molar-refractivity contribution in [2.45, 2.75) is 19.8 Å². The molecule has 2 heterocycles. The average Bonchev–Trinajstić information content (AvgIpc) is 3.24. The molecule has 4 heteroatoms. The Labute approximate surface area is 140 Å². The van der Waals surface area contributed by atoms with Gasteiger partial charge >= 0.3 is 0 Å². The smallest absolute Gasteiger partial charge is 0.231 e. The molecule has 0 spiro atoms. The number of aromatic hydroxyl groups is 1. The summed E-state index contributed by atoms with van der Waals surface area (Å²) < 4.78 is 7.84. The molecular formula is C20H18N2O2. The molecule has 0 bridgehead atoms.